The molecule has 0 radical (unpaired) electrons. The monoisotopic (exact) mass is 328 g/mol. The van der Waals surface area contributed by atoms with Crippen molar-refractivity contribution in [3.63, 3.8) is 0 Å². The van der Waals surface area contributed by atoms with Crippen molar-refractivity contribution in [3.05, 3.63) is 29.6 Å². The minimum Gasteiger partial charge on any atom is -0.468 e. The summed E-state index contributed by atoms with van der Waals surface area (Å²) in [5.41, 5.74) is 1.20. The lowest BCUT2D eigenvalue weighted by atomic mass is 10.2. The molecule has 0 unspecified atom stereocenters. The third kappa shape index (κ3) is 4.07. The number of rotatable bonds is 2. The number of thiocarbonyl (C=S) groups is 1. The van der Waals surface area contributed by atoms with Crippen LogP contribution in [0.5, 0.6) is 0 Å². The topological polar surface area (TPSA) is 41.6 Å². The molecule has 0 amide bonds. The van der Waals surface area contributed by atoms with Gasteiger partial charge in [-0.1, -0.05) is 6.07 Å². The van der Waals surface area contributed by atoms with Crippen molar-refractivity contribution in [2.24, 2.45) is 0 Å². The maximum Gasteiger partial charge on any atom is 0.320 e. The van der Waals surface area contributed by atoms with E-state index >= 15 is 0 Å². The number of anilines is 1. The molecule has 7 heteroatoms. The second-order valence-electron chi connectivity index (χ2n) is 4.72. The van der Waals surface area contributed by atoms with Gasteiger partial charge in [-0.3, -0.25) is 4.79 Å². The summed E-state index contributed by atoms with van der Waals surface area (Å²) in [6.07, 6.45) is 0. The normalized spacial score (nSPS) is 18.2. The third-order valence-electron chi connectivity index (χ3n) is 3.24. The van der Waals surface area contributed by atoms with Crippen molar-refractivity contribution in [3.8, 4) is 0 Å². The number of benzene rings is 1. The lowest BCUT2D eigenvalue weighted by Crippen LogP contribution is -2.46. The van der Waals surface area contributed by atoms with Crippen LogP contribution in [0.4, 0.5) is 10.1 Å². The largest absolute Gasteiger partial charge is 0.468 e. The SMILES string of the molecule is COC(=O)[C@H]1CN(C(=S)Nc2ccc(C)c(F)c2)CCS1. The van der Waals surface area contributed by atoms with Gasteiger partial charge in [-0.2, -0.15) is 0 Å². The van der Waals surface area contributed by atoms with Crippen LogP contribution in [0.3, 0.4) is 0 Å². The van der Waals surface area contributed by atoms with E-state index in [1.807, 2.05) is 4.90 Å². The zero-order valence-electron chi connectivity index (χ0n) is 11.9. The number of carbonyl (C=O) groups excluding carboxylic acids is 1. The van der Waals surface area contributed by atoms with Gasteiger partial charge in [0.25, 0.3) is 0 Å². The van der Waals surface area contributed by atoms with Crippen LogP contribution in [0.25, 0.3) is 0 Å². The molecule has 2 rings (SSSR count). The average Bonchev–Trinajstić information content (AvgIpc) is 2.50. The lowest BCUT2D eigenvalue weighted by Gasteiger charge is -2.33. The predicted octanol–water partition coefficient (Wildman–Crippen LogP) is 2.42. The van der Waals surface area contributed by atoms with Gasteiger partial charge in [0.15, 0.2) is 5.11 Å². The third-order valence-corrected chi connectivity index (χ3v) is 4.76. The van der Waals surface area contributed by atoms with Gasteiger partial charge in [0.2, 0.25) is 0 Å². The first-order valence-corrected chi connectivity index (χ1v) is 7.98. The molecule has 1 atom stereocenters. The number of hydrogen-bond acceptors (Lipinski definition) is 4. The Hall–Kier alpha value is -1.34. The number of methoxy groups -OCH3 is 1. The average molecular weight is 328 g/mol. The summed E-state index contributed by atoms with van der Waals surface area (Å²) in [6, 6.07) is 4.89. The van der Waals surface area contributed by atoms with E-state index in [1.54, 1.807) is 30.8 Å². The van der Waals surface area contributed by atoms with Gasteiger partial charge in [-0.05, 0) is 36.8 Å². The van der Waals surface area contributed by atoms with E-state index in [-0.39, 0.29) is 17.0 Å². The molecule has 4 nitrogen and oxygen atoms in total. The van der Waals surface area contributed by atoms with Crippen LogP contribution in [0.15, 0.2) is 18.2 Å². The molecule has 0 aliphatic carbocycles. The molecule has 114 valence electrons. The van der Waals surface area contributed by atoms with E-state index in [9.17, 15) is 9.18 Å². The van der Waals surface area contributed by atoms with Gasteiger partial charge in [0, 0.05) is 24.5 Å². The lowest BCUT2D eigenvalue weighted by molar-refractivity contribution is -0.140. The number of carbonyl (C=O) groups is 1. The Labute approximate surface area is 133 Å². The maximum absolute atomic E-state index is 13.5. The first-order chi connectivity index (χ1) is 10.0. The van der Waals surface area contributed by atoms with Crippen molar-refractivity contribution in [2.45, 2.75) is 12.2 Å². The van der Waals surface area contributed by atoms with Crippen molar-refractivity contribution in [1.82, 2.24) is 4.90 Å². The summed E-state index contributed by atoms with van der Waals surface area (Å²) in [7, 11) is 1.38. The number of ether oxygens (including phenoxy) is 1. The zero-order chi connectivity index (χ0) is 15.4. The van der Waals surface area contributed by atoms with Crippen LogP contribution in [0.1, 0.15) is 5.56 Å². The second kappa shape index (κ2) is 7.09. The number of thioether (sulfide) groups is 1. The smallest absolute Gasteiger partial charge is 0.320 e. The molecule has 0 bridgehead atoms. The van der Waals surface area contributed by atoms with E-state index in [0.717, 1.165) is 12.3 Å². The first-order valence-electron chi connectivity index (χ1n) is 6.52. The summed E-state index contributed by atoms with van der Waals surface area (Å²) in [4.78, 5) is 13.5. The molecule has 1 aromatic rings. The van der Waals surface area contributed by atoms with Gasteiger partial charge in [-0.25, -0.2) is 4.39 Å². The number of halogens is 1. The molecule has 1 fully saturated rings. The Morgan fingerprint density at radius 2 is 2.33 bits per heavy atom. The van der Waals surface area contributed by atoms with Crippen molar-refractivity contribution >= 4 is 40.7 Å². The van der Waals surface area contributed by atoms with E-state index in [0.29, 0.717) is 22.9 Å². The fourth-order valence-corrected chi connectivity index (χ4v) is 3.39. The van der Waals surface area contributed by atoms with Gasteiger partial charge in [0.05, 0.1) is 7.11 Å². The van der Waals surface area contributed by atoms with Crippen LogP contribution < -0.4 is 5.32 Å². The molecule has 1 aliphatic rings. The number of nitrogens with zero attached hydrogens (tertiary/aromatic N) is 1. The highest BCUT2D eigenvalue weighted by atomic mass is 32.2. The Morgan fingerprint density at radius 1 is 1.57 bits per heavy atom. The van der Waals surface area contributed by atoms with Crippen LogP contribution in [0.2, 0.25) is 0 Å². The Morgan fingerprint density at radius 3 is 3.00 bits per heavy atom. The van der Waals surface area contributed by atoms with Crippen molar-refractivity contribution < 1.29 is 13.9 Å². The second-order valence-corrected chi connectivity index (χ2v) is 6.42. The summed E-state index contributed by atoms with van der Waals surface area (Å²) in [5, 5.41) is 3.27. The maximum atomic E-state index is 13.5. The summed E-state index contributed by atoms with van der Waals surface area (Å²) in [5.74, 6) is 0.280. The molecule has 21 heavy (non-hydrogen) atoms. The van der Waals surface area contributed by atoms with E-state index in [1.165, 1.54) is 13.2 Å². The van der Waals surface area contributed by atoms with Crippen molar-refractivity contribution in [1.29, 1.82) is 0 Å². The quantitative estimate of drug-likeness (QED) is 0.664. The van der Waals surface area contributed by atoms with Crippen LogP contribution in [0, 0.1) is 12.7 Å². The number of hydrogen-bond donors (Lipinski definition) is 1. The molecule has 1 aromatic carbocycles. The van der Waals surface area contributed by atoms with E-state index < -0.39 is 0 Å². The molecular weight excluding hydrogens is 311 g/mol. The number of nitrogens with one attached hydrogen (secondary N) is 1. The highest BCUT2D eigenvalue weighted by molar-refractivity contribution is 8.00. The standard InChI is InChI=1S/C14H17FN2O2S2/c1-9-3-4-10(7-11(9)15)16-14(20)17-5-6-21-12(8-17)13(18)19-2/h3-4,7,12H,5-6,8H2,1-2H3,(H,16,20)/t12-/m1/s1. The van der Waals surface area contributed by atoms with Gasteiger partial charge < -0.3 is 15.0 Å². The first kappa shape index (κ1) is 16.0. The van der Waals surface area contributed by atoms with Gasteiger partial charge >= 0.3 is 5.97 Å². The molecule has 1 saturated heterocycles. The number of esters is 1. The molecule has 1 N–H and O–H groups in total. The molecular formula is C14H17FN2O2S2. The van der Waals surface area contributed by atoms with Gasteiger partial charge in [0.1, 0.15) is 11.1 Å². The molecule has 1 heterocycles. The molecule has 0 spiro atoms. The Kier molecular flexibility index (Phi) is 5.41. The van der Waals surface area contributed by atoms with E-state index in [2.05, 4.69) is 5.32 Å². The van der Waals surface area contributed by atoms with Crippen LogP contribution in [-0.4, -0.2) is 47.2 Å². The fourth-order valence-electron chi connectivity index (χ4n) is 1.98. The Balaban J connectivity index is 1.99. The minimum atomic E-state index is -0.274. The van der Waals surface area contributed by atoms with E-state index in [4.69, 9.17) is 17.0 Å². The summed E-state index contributed by atoms with van der Waals surface area (Å²) < 4.78 is 18.3. The number of aryl methyl sites for hydroxylation is 1. The minimum absolute atomic E-state index is 0.238. The molecule has 0 saturated carbocycles. The fraction of sp³-hybridized carbons (Fsp3) is 0.429. The summed E-state index contributed by atoms with van der Waals surface area (Å²) >= 11 is 6.90. The van der Waals surface area contributed by atoms with Crippen molar-refractivity contribution in [2.75, 3.05) is 31.3 Å². The highest BCUT2D eigenvalue weighted by Crippen LogP contribution is 2.21. The molecule has 1 aliphatic heterocycles. The van der Waals surface area contributed by atoms with Gasteiger partial charge in [-0.15, -0.1) is 11.8 Å². The summed E-state index contributed by atoms with van der Waals surface area (Å²) in [6.45, 7) is 2.95. The predicted molar refractivity (Wildman–Crippen MR) is 87.2 cm³/mol. The van der Waals surface area contributed by atoms with Crippen LogP contribution >= 0.6 is 24.0 Å². The highest BCUT2D eigenvalue weighted by Gasteiger charge is 2.28. The zero-order valence-corrected chi connectivity index (χ0v) is 13.5. The Bertz CT molecular complexity index is 554. The molecule has 0 aromatic heterocycles. The van der Waals surface area contributed by atoms with Crippen LogP contribution in [-0.2, 0) is 9.53 Å².